The monoisotopic (exact) mass is 477 g/mol. The first-order chi connectivity index (χ1) is 16.9. The molecule has 1 atom stereocenters. The first-order valence-electron chi connectivity index (χ1n) is 11.3. The number of nitrogens with two attached hydrogens (primary N) is 1. The number of anilines is 2. The Bertz CT molecular complexity index is 1380. The third kappa shape index (κ3) is 5.17. The summed E-state index contributed by atoms with van der Waals surface area (Å²) in [6.07, 6.45) is 2.72. The third-order valence-corrected chi connectivity index (χ3v) is 5.80. The van der Waals surface area contributed by atoms with Crippen LogP contribution in [0, 0.1) is 11.8 Å². The highest BCUT2D eigenvalue weighted by molar-refractivity contribution is 5.97. The van der Waals surface area contributed by atoms with Gasteiger partial charge < -0.3 is 15.4 Å². The molecule has 4 rings (SSSR count). The van der Waals surface area contributed by atoms with Crippen molar-refractivity contribution in [1.29, 1.82) is 0 Å². The fraction of sp³-hybridized carbons (Fsp3) is 0.375. The van der Waals surface area contributed by atoms with E-state index in [1.165, 1.54) is 19.4 Å². The molecule has 3 heterocycles. The number of ketones is 1. The molecule has 1 amide bonds. The van der Waals surface area contributed by atoms with Crippen molar-refractivity contribution in [2.24, 2.45) is 5.73 Å². The molecule has 1 fully saturated rings. The molecule has 11 heteroatoms. The highest BCUT2D eigenvalue weighted by Crippen LogP contribution is 2.23. The third-order valence-electron chi connectivity index (χ3n) is 5.80. The van der Waals surface area contributed by atoms with Crippen LogP contribution in [0.1, 0.15) is 30.1 Å². The number of Topliss-reactive ketones (excluding diaryl/α,β-unsaturated/α-hetero) is 1. The molecule has 1 saturated heterocycles. The number of carbonyl (C=O) groups excluding carboxylic acids is 2. The second kappa shape index (κ2) is 10.4. The Morgan fingerprint density at radius 2 is 2.17 bits per heavy atom. The molecule has 1 unspecified atom stereocenters. The minimum Gasteiger partial charge on any atom is -0.453 e. The number of fused-ring (bicyclic) bond motifs is 1. The molecule has 0 saturated carbocycles. The summed E-state index contributed by atoms with van der Waals surface area (Å²) in [6, 6.07) is 6.41. The van der Waals surface area contributed by atoms with E-state index in [9.17, 15) is 14.4 Å². The quantitative estimate of drug-likeness (QED) is 0.403. The number of nitrogens with one attached hydrogen (secondary N) is 1. The van der Waals surface area contributed by atoms with Crippen molar-refractivity contribution < 1.29 is 14.3 Å². The van der Waals surface area contributed by atoms with Crippen LogP contribution in [0.2, 0.25) is 0 Å². The lowest BCUT2D eigenvalue weighted by Crippen LogP contribution is -2.44. The second-order valence-electron chi connectivity index (χ2n) is 8.23. The van der Waals surface area contributed by atoms with Gasteiger partial charge in [0, 0.05) is 30.4 Å². The Hall–Kier alpha value is -4.17. The number of aromatic nitrogens is 4. The Labute approximate surface area is 201 Å². The maximum absolute atomic E-state index is 13.4. The molecule has 1 aromatic carbocycles. The molecule has 3 aromatic rings. The predicted molar refractivity (Wildman–Crippen MR) is 131 cm³/mol. The van der Waals surface area contributed by atoms with E-state index in [4.69, 9.17) is 5.73 Å². The molecular weight excluding hydrogens is 450 g/mol. The smallest absolute Gasteiger partial charge is 0.411 e. The van der Waals surface area contributed by atoms with Crippen molar-refractivity contribution in [3.63, 3.8) is 0 Å². The molecule has 1 aliphatic heterocycles. The Kier molecular flexibility index (Phi) is 7.12. The maximum atomic E-state index is 13.4. The Balaban J connectivity index is 1.68. The molecule has 0 radical (unpaired) electrons. The summed E-state index contributed by atoms with van der Waals surface area (Å²) in [5.74, 6) is 6.16. The Morgan fingerprint density at radius 3 is 2.91 bits per heavy atom. The lowest BCUT2D eigenvalue weighted by Gasteiger charge is -2.31. The van der Waals surface area contributed by atoms with Gasteiger partial charge in [0.25, 0.3) is 5.56 Å². The van der Waals surface area contributed by atoms with Gasteiger partial charge in [0.1, 0.15) is 17.6 Å². The number of hydrogen-bond donors (Lipinski definition) is 2. The van der Waals surface area contributed by atoms with E-state index < -0.39 is 11.7 Å². The summed E-state index contributed by atoms with van der Waals surface area (Å²) in [5, 5.41) is 6.70. The average Bonchev–Trinajstić information content (AvgIpc) is 3.23. The Morgan fingerprint density at radius 1 is 1.34 bits per heavy atom. The maximum Gasteiger partial charge on any atom is 0.411 e. The number of rotatable bonds is 6. The van der Waals surface area contributed by atoms with Gasteiger partial charge in [-0.3, -0.25) is 19.5 Å². The van der Waals surface area contributed by atoms with Crippen LogP contribution in [0.15, 0.2) is 35.3 Å². The summed E-state index contributed by atoms with van der Waals surface area (Å²) in [4.78, 5) is 44.6. The van der Waals surface area contributed by atoms with Crippen LogP contribution in [0.3, 0.4) is 0 Å². The second-order valence-corrected chi connectivity index (χ2v) is 8.23. The molecule has 0 spiro atoms. The number of benzene rings is 1. The number of carbonyl (C=O) groups is 2. The summed E-state index contributed by atoms with van der Waals surface area (Å²) >= 11 is 0. The zero-order valence-electron chi connectivity index (χ0n) is 19.7. The fourth-order valence-corrected chi connectivity index (χ4v) is 4.09. The molecule has 2 aromatic heterocycles. The number of nitrogens with zero attached hydrogens (tertiary/aromatic N) is 5. The van der Waals surface area contributed by atoms with Crippen LogP contribution >= 0.6 is 0 Å². The van der Waals surface area contributed by atoms with E-state index in [0.29, 0.717) is 34.8 Å². The van der Waals surface area contributed by atoms with Gasteiger partial charge in [-0.05, 0) is 31.9 Å². The van der Waals surface area contributed by atoms with Crippen molar-refractivity contribution >= 4 is 34.5 Å². The minimum atomic E-state index is -0.646. The number of piperidine rings is 1. The van der Waals surface area contributed by atoms with Gasteiger partial charge in [-0.1, -0.05) is 18.1 Å². The summed E-state index contributed by atoms with van der Waals surface area (Å²) in [6.45, 7) is 3.16. The van der Waals surface area contributed by atoms with E-state index in [0.717, 1.165) is 24.1 Å². The van der Waals surface area contributed by atoms with Gasteiger partial charge in [-0.2, -0.15) is 5.10 Å². The topological polar surface area (TPSA) is 137 Å². The standard InChI is InChI=1S/C24H27N7O4/c1-3-4-11-30-21-19(28-23(30)29-10-6-8-17(25)14-29)13-26-31(22(21)33)15-20(32)16-7-5-9-18(12-16)27-24(34)35-2/h5,7,9,12-13,17H,6,8,10-11,14-15,25H2,1-2H3,(H,27,34). The lowest BCUT2D eigenvalue weighted by atomic mass is 10.1. The van der Waals surface area contributed by atoms with E-state index in [1.807, 2.05) is 0 Å². The molecule has 3 N–H and O–H groups in total. The molecule has 1 aliphatic rings. The highest BCUT2D eigenvalue weighted by Gasteiger charge is 2.24. The number of amides is 1. The lowest BCUT2D eigenvalue weighted by molar-refractivity contribution is 0.0966. The van der Waals surface area contributed by atoms with Gasteiger partial charge in [-0.25, -0.2) is 14.5 Å². The molecule has 11 nitrogen and oxygen atoms in total. The number of imidazole rings is 1. The van der Waals surface area contributed by atoms with Crippen LogP contribution in [0.4, 0.5) is 16.4 Å². The van der Waals surface area contributed by atoms with Crippen LogP contribution in [-0.4, -0.2) is 57.4 Å². The zero-order valence-corrected chi connectivity index (χ0v) is 19.7. The SMILES string of the molecule is CC#CCn1c(N2CCCC(N)C2)nc2cnn(CC(=O)c3cccc(NC(=O)OC)c3)c(=O)c21. The van der Waals surface area contributed by atoms with Gasteiger partial charge in [-0.15, -0.1) is 5.92 Å². The molecule has 182 valence electrons. The summed E-state index contributed by atoms with van der Waals surface area (Å²) in [7, 11) is 1.25. The first-order valence-corrected chi connectivity index (χ1v) is 11.3. The van der Waals surface area contributed by atoms with Crippen molar-refractivity contribution in [2.45, 2.75) is 38.9 Å². The predicted octanol–water partition coefficient (Wildman–Crippen LogP) is 1.60. The highest BCUT2D eigenvalue weighted by atomic mass is 16.5. The number of hydrogen-bond acceptors (Lipinski definition) is 8. The average molecular weight is 478 g/mol. The molecular formula is C24H27N7O4. The summed E-state index contributed by atoms with van der Waals surface area (Å²) < 4.78 is 7.47. The van der Waals surface area contributed by atoms with Crippen molar-refractivity contribution in [3.8, 4) is 11.8 Å². The van der Waals surface area contributed by atoms with E-state index in [2.05, 4.69) is 36.9 Å². The van der Waals surface area contributed by atoms with E-state index in [-0.39, 0.29) is 24.9 Å². The number of methoxy groups -OCH3 is 1. The number of ether oxygens (including phenoxy) is 1. The van der Waals surface area contributed by atoms with Crippen LogP contribution < -0.4 is 21.5 Å². The van der Waals surface area contributed by atoms with Crippen molar-refractivity contribution in [3.05, 3.63) is 46.4 Å². The molecule has 35 heavy (non-hydrogen) atoms. The van der Waals surface area contributed by atoms with Crippen molar-refractivity contribution in [1.82, 2.24) is 19.3 Å². The normalized spacial score (nSPS) is 15.4. The van der Waals surface area contributed by atoms with Crippen LogP contribution in [0.25, 0.3) is 11.0 Å². The first kappa shape index (κ1) is 24.0. The van der Waals surface area contributed by atoms with Gasteiger partial charge in [0.05, 0.1) is 19.9 Å². The fourth-order valence-electron chi connectivity index (χ4n) is 4.09. The molecule has 0 aliphatic carbocycles. The molecule has 0 bridgehead atoms. The van der Waals surface area contributed by atoms with E-state index >= 15 is 0 Å². The van der Waals surface area contributed by atoms with Crippen molar-refractivity contribution in [2.75, 3.05) is 30.4 Å². The van der Waals surface area contributed by atoms with E-state index in [1.54, 1.807) is 29.7 Å². The van der Waals surface area contributed by atoms with Crippen LogP contribution in [-0.2, 0) is 17.8 Å². The summed E-state index contributed by atoms with van der Waals surface area (Å²) in [5.41, 5.74) is 7.23. The van der Waals surface area contributed by atoms with Gasteiger partial charge in [0.2, 0.25) is 5.95 Å². The zero-order chi connectivity index (χ0) is 24.9. The largest absolute Gasteiger partial charge is 0.453 e. The minimum absolute atomic E-state index is 0.0334. The van der Waals surface area contributed by atoms with Crippen LogP contribution in [0.5, 0.6) is 0 Å². The van der Waals surface area contributed by atoms with Gasteiger partial charge in [0.15, 0.2) is 5.78 Å². The van der Waals surface area contributed by atoms with Gasteiger partial charge >= 0.3 is 6.09 Å².